The number of anilines is 1. The van der Waals surface area contributed by atoms with E-state index in [0.717, 1.165) is 55.4 Å². The largest absolute Gasteiger partial charge is 0.367 e. The predicted octanol–water partition coefficient (Wildman–Crippen LogP) is 4.68. The second-order valence-corrected chi connectivity index (χ2v) is 9.71. The van der Waals surface area contributed by atoms with Crippen molar-refractivity contribution >= 4 is 45.6 Å². The highest BCUT2D eigenvalue weighted by atomic mass is 32.2. The Hall–Kier alpha value is -3.30. The summed E-state index contributed by atoms with van der Waals surface area (Å²) >= 11 is 0.868. The van der Waals surface area contributed by atoms with Gasteiger partial charge in [-0.05, 0) is 60.6 Å². The molecule has 3 heterocycles. The number of amides is 2. The van der Waals surface area contributed by atoms with Gasteiger partial charge in [0.05, 0.1) is 21.8 Å². The van der Waals surface area contributed by atoms with Gasteiger partial charge in [-0.3, -0.25) is 19.8 Å². The van der Waals surface area contributed by atoms with Crippen molar-refractivity contribution in [1.29, 1.82) is 0 Å². The molecule has 2 aliphatic heterocycles. The van der Waals surface area contributed by atoms with Crippen molar-refractivity contribution < 1.29 is 14.0 Å². The molecule has 2 aromatic carbocycles. The van der Waals surface area contributed by atoms with Crippen LogP contribution in [0.4, 0.5) is 14.9 Å². The maximum atomic E-state index is 15.3. The van der Waals surface area contributed by atoms with E-state index < -0.39 is 5.91 Å². The van der Waals surface area contributed by atoms with Crippen LogP contribution in [0.25, 0.3) is 28.2 Å². The van der Waals surface area contributed by atoms with Gasteiger partial charge < -0.3 is 4.90 Å². The SMILES string of the molecule is CCCCN1CCN(c2ccc(-c3ncnc4ccc(C=C5SC(=O)NC5=O)cc34)cc2F)CC1. The molecule has 180 valence electrons. The fourth-order valence-electron chi connectivity index (χ4n) is 4.47. The lowest BCUT2D eigenvalue weighted by molar-refractivity contribution is -0.115. The van der Waals surface area contributed by atoms with Gasteiger partial charge in [-0.2, -0.15) is 0 Å². The van der Waals surface area contributed by atoms with Crippen LogP contribution in [0.5, 0.6) is 0 Å². The number of hydrogen-bond acceptors (Lipinski definition) is 7. The Morgan fingerprint density at radius 2 is 1.91 bits per heavy atom. The van der Waals surface area contributed by atoms with E-state index in [1.807, 2.05) is 30.3 Å². The van der Waals surface area contributed by atoms with Crippen molar-refractivity contribution in [2.24, 2.45) is 0 Å². The van der Waals surface area contributed by atoms with Gasteiger partial charge in [-0.1, -0.05) is 25.5 Å². The molecule has 0 saturated carbocycles. The van der Waals surface area contributed by atoms with Gasteiger partial charge in [-0.25, -0.2) is 14.4 Å². The van der Waals surface area contributed by atoms with Gasteiger partial charge in [0.25, 0.3) is 11.1 Å². The zero-order chi connectivity index (χ0) is 24.4. The number of unbranched alkanes of at least 4 members (excludes halogenated alkanes) is 1. The number of rotatable bonds is 6. The van der Waals surface area contributed by atoms with Gasteiger partial charge >= 0.3 is 0 Å². The molecule has 3 aromatic rings. The number of piperazine rings is 1. The number of carbonyl (C=O) groups excluding carboxylic acids is 2. The summed E-state index contributed by atoms with van der Waals surface area (Å²) in [5, 5.41) is 2.61. The Labute approximate surface area is 207 Å². The molecule has 0 atom stereocenters. The first kappa shape index (κ1) is 23.4. The minimum absolute atomic E-state index is 0.271. The lowest BCUT2D eigenvalue weighted by Gasteiger charge is -2.36. The number of halogens is 1. The third-order valence-corrected chi connectivity index (χ3v) is 7.17. The molecule has 5 rings (SSSR count). The third kappa shape index (κ3) is 5.06. The lowest BCUT2D eigenvalue weighted by Crippen LogP contribution is -2.46. The minimum Gasteiger partial charge on any atom is -0.367 e. The Morgan fingerprint density at radius 3 is 2.63 bits per heavy atom. The van der Waals surface area contributed by atoms with Gasteiger partial charge in [0, 0.05) is 37.1 Å². The maximum absolute atomic E-state index is 15.3. The van der Waals surface area contributed by atoms with E-state index in [1.165, 1.54) is 25.2 Å². The molecule has 1 N–H and O–H groups in total. The van der Waals surface area contributed by atoms with Crippen LogP contribution < -0.4 is 10.2 Å². The summed E-state index contributed by atoms with van der Waals surface area (Å²) in [6.45, 7) is 6.80. The number of nitrogens with zero attached hydrogens (tertiary/aromatic N) is 4. The molecule has 9 heteroatoms. The van der Waals surface area contributed by atoms with Crippen LogP contribution in [0, 0.1) is 5.82 Å². The Bertz CT molecular complexity index is 1320. The van der Waals surface area contributed by atoms with E-state index in [1.54, 1.807) is 6.08 Å². The highest BCUT2D eigenvalue weighted by Crippen LogP contribution is 2.32. The molecular weight excluding hydrogens is 465 g/mol. The van der Waals surface area contributed by atoms with Gasteiger partial charge in [0.15, 0.2) is 0 Å². The molecule has 7 nitrogen and oxygen atoms in total. The Morgan fingerprint density at radius 1 is 1.09 bits per heavy atom. The number of hydrogen-bond donors (Lipinski definition) is 1. The molecule has 2 aliphatic rings. The number of imide groups is 1. The summed E-state index contributed by atoms with van der Waals surface area (Å²) in [4.78, 5) is 37.0. The van der Waals surface area contributed by atoms with Crippen molar-refractivity contribution in [3.8, 4) is 11.3 Å². The lowest BCUT2D eigenvalue weighted by atomic mass is 10.0. The first-order chi connectivity index (χ1) is 17.0. The summed E-state index contributed by atoms with van der Waals surface area (Å²) in [5.41, 5.74) is 3.34. The minimum atomic E-state index is -0.409. The number of benzene rings is 2. The second kappa shape index (κ2) is 10.1. The van der Waals surface area contributed by atoms with Gasteiger partial charge in [-0.15, -0.1) is 0 Å². The number of fused-ring (bicyclic) bond motifs is 1. The van der Waals surface area contributed by atoms with Crippen molar-refractivity contribution in [2.75, 3.05) is 37.6 Å². The summed E-state index contributed by atoms with van der Waals surface area (Å²) in [6.07, 6.45) is 5.50. The van der Waals surface area contributed by atoms with Crippen molar-refractivity contribution in [3.05, 3.63) is 59.0 Å². The van der Waals surface area contributed by atoms with Crippen LogP contribution in [-0.2, 0) is 4.79 Å². The van der Waals surface area contributed by atoms with E-state index in [0.29, 0.717) is 27.4 Å². The van der Waals surface area contributed by atoms with E-state index in [4.69, 9.17) is 0 Å². The first-order valence-electron chi connectivity index (χ1n) is 11.8. The van der Waals surface area contributed by atoms with E-state index in [2.05, 4.69) is 32.0 Å². The average Bonchev–Trinajstić information content (AvgIpc) is 3.18. The van der Waals surface area contributed by atoms with Crippen molar-refractivity contribution in [1.82, 2.24) is 20.2 Å². The zero-order valence-electron chi connectivity index (χ0n) is 19.5. The number of carbonyl (C=O) groups is 2. The fourth-order valence-corrected chi connectivity index (χ4v) is 5.15. The summed E-state index contributed by atoms with van der Waals surface area (Å²) < 4.78 is 15.3. The van der Waals surface area contributed by atoms with E-state index >= 15 is 4.39 Å². The average molecular weight is 492 g/mol. The van der Waals surface area contributed by atoms with E-state index in [9.17, 15) is 9.59 Å². The Balaban J connectivity index is 1.41. The number of nitrogens with one attached hydrogen (secondary N) is 1. The molecule has 0 aliphatic carbocycles. The quantitative estimate of drug-likeness (QED) is 0.502. The monoisotopic (exact) mass is 491 g/mol. The molecule has 0 spiro atoms. The molecule has 0 unspecified atom stereocenters. The molecule has 2 amide bonds. The number of aromatic nitrogens is 2. The molecular formula is C26H26FN5O2S. The van der Waals surface area contributed by atoms with Crippen molar-refractivity contribution in [2.45, 2.75) is 19.8 Å². The molecule has 2 fully saturated rings. The summed E-state index contributed by atoms with van der Waals surface area (Å²) in [7, 11) is 0. The van der Waals surface area contributed by atoms with Crippen LogP contribution in [-0.4, -0.2) is 58.7 Å². The fraction of sp³-hybridized carbons (Fsp3) is 0.308. The highest BCUT2D eigenvalue weighted by molar-refractivity contribution is 8.18. The predicted molar refractivity (Wildman–Crippen MR) is 138 cm³/mol. The zero-order valence-corrected chi connectivity index (χ0v) is 20.3. The topological polar surface area (TPSA) is 78.4 Å². The standard InChI is InChI=1S/C26H26FN5O2S/c1-2-3-8-31-9-11-32(12-10-31)22-7-5-18(15-20(22)27)24-19-13-17(4-6-21(19)28-16-29-24)14-23-25(33)30-26(34)35-23/h4-7,13-16H,2-3,8-12H2,1H3,(H,30,33,34). The molecule has 2 saturated heterocycles. The normalized spacial score (nSPS) is 18.0. The van der Waals surface area contributed by atoms with Crippen LogP contribution in [0.15, 0.2) is 47.6 Å². The van der Waals surface area contributed by atoms with Gasteiger partial charge in [0.1, 0.15) is 12.1 Å². The molecule has 35 heavy (non-hydrogen) atoms. The van der Waals surface area contributed by atoms with E-state index in [-0.39, 0.29) is 11.1 Å². The van der Waals surface area contributed by atoms with Crippen LogP contribution in [0.3, 0.4) is 0 Å². The smallest absolute Gasteiger partial charge is 0.290 e. The highest BCUT2D eigenvalue weighted by Gasteiger charge is 2.25. The van der Waals surface area contributed by atoms with Crippen LogP contribution in [0.2, 0.25) is 0 Å². The third-order valence-electron chi connectivity index (χ3n) is 6.36. The second-order valence-electron chi connectivity index (χ2n) is 8.70. The Kier molecular flexibility index (Phi) is 6.79. The molecule has 0 bridgehead atoms. The molecule has 1 aromatic heterocycles. The van der Waals surface area contributed by atoms with Crippen LogP contribution in [0.1, 0.15) is 25.3 Å². The van der Waals surface area contributed by atoms with Crippen molar-refractivity contribution in [3.63, 3.8) is 0 Å². The summed E-state index contributed by atoms with van der Waals surface area (Å²) in [6, 6.07) is 10.8. The number of thioether (sulfide) groups is 1. The van der Waals surface area contributed by atoms with Gasteiger partial charge in [0.2, 0.25) is 0 Å². The first-order valence-corrected chi connectivity index (χ1v) is 12.6. The molecule has 0 radical (unpaired) electrons. The maximum Gasteiger partial charge on any atom is 0.290 e. The summed E-state index contributed by atoms with van der Waals surface area (Å²) in [5.74, 6) is -0.680. The van der Waals surface area contributed by atoms with Crippen LogP contribution >= 0.6 is 11.8 Å².